The number of rotatable bonds is 19. The Labute approximate surface area is 196 Å². The first-order valence-corrected chi connectivity index (χ1v) is 13.0. The molecule has 1 N–H and O–H groups in total. The molecule has 0 radical (unpaired) electrons. The van der Waals surface area contributed by atoms with Gasteiger partial charge in [-0.25, -0.2) is 9.59 Å². The summed E-state index contributed by atoms with van der Waals surface area (Å²) in [5, 5.41) is 9.50. The van der Waals surface area contributed by atoms with Crippen molar-refractivity contribution in [3.05, 3.63) is 35.4 Å². The molecule has 0 spiro atoms. The summed E-state index contributed by atoms with van der Waals surface area (Å²) in [6.07, 6.45) is 17.9. The molecule has 4 heteroatoms. The minimum atomic E-state index is -1.09. The Bertz CT molecular complexity index is 655. The standard InChI is InChI=1S/C28H46O4/c1-4-7-10-11-12-13-14-18-23-28(21-9-6-3,22-17-8-5-2)32-27(31)25-20-16-15-19-24(25)26(29)30/h15-16,19-20H,4-14,17-18,21-23H2,1-3H3,(H,29,30). The molecule has 0 saturated carbocycles. The molecule has 0 aliphatic rings. The van der Waals surface area contributed by atoms with Crippen LogP contribution >= 0.6 is 0 Å². The van der Waals surface area contributed by atoms with Crippen LogP contribution in [0.25, 0.3) is 0 Å². The molecule has 0 heterocycles. The highest BCUT2D eigenvalue weighted by molar-refractivity contribution is 6.02. The average Bonchev–Trinajstić information content (AvgIpc) is 2.79. The normalized spacial score (nSPS) is 13.0. The quantitative estimate of drug-likeness (QED) is 0.171. The van der Waals surface area contributed by atoms with Gasteiger partial charge in [-0.3, -0.25) is 0 Å². The predicted octanol–water partition coefficient (Wildman–Crippen LogP) is 8.58. The van der Waals surface area contributed by atoms with Crippen molar-refractivity contribution >= 4 is 11.9 Å². The summed E-state index contributed by atoms with van der Waals surface area (Å²) in [6, 6.07) is 6.39. The number of carboxylic acids is 1. The molecule has 1 atom stereocenters. The third-order valence-electron chi connectivity index (χ3n) is 6.39. The molecule has 0 aliphatic carbocycles. The highest BCUT2D eigenvalue weighted by Crippen LogP contribution is 2.33. The lowest BCUT2D eigenvalue weighted by atomic mass is 9.85. The number of esters is 1. The van der Waals surface area contributed by atoms with E-state index in [4.69, 9.17) is 4.74 Å². The van der Waals surface area contributed by atoms with Crippen LogP contribution in [-0.2, 0) is 4.74 Å². The lowest BCUT2D eigenvalue weighted by molar-refractivity contribution is -0.0360. The molecule has 1 rings (SSSR count). The predicted molar refractivity (Wildman–Crippen MR) is 132 cm³/mol. The second-order valence-electron chi connectivity index (χ2n) is 9.21. The molecule has 32 heavy (non-hydrogen) atoms. The Morgan fingerprint density at radius 1 is 0.688 bits per heavy atom. The first kappa shape index (κ1) is 28.2. The van der Waals surface area contributed by atoms with E-state index in [1.807, 2.05) is 0 Å². The average molecular weight is 447 g/mol. The summed E-state index contributed by atoms with van der Waals surface area (Å²) in [7, 11) is 0. The number of hydrogen-bond acceptors (Lipinski definition) is 3. The van der Waals surface area contributed by atoms with Gasteiger partial charge in [0.1, 0.15) is 5.60 Å². The van der Waals surface area contributed by atoms with Crippen LogP contribution in [0.1, 0.15) is 144 Å². The maximum absolute atomic E-state index is 13.1. The summed E-state index contributed by atoms with van der Waals surface area (Å²) in [4.78, 5) is 24.7. The van der Waals surface area contributed by atoms with Gasteiger partial charge in [-0.2, -0.15) is 0 Å². The first-order valence-electron chi connectivity index (χ1n) is 13.0. The van der Waals surface area contributed by atoms with Gasteiger partial charge in [0.2, 0.25) is 0 Å². The Morgan fingerprint density at radius 3 is 1.69 bits per heavy atom. The van der Waals surface area contributed by atoms with Crippen LogP contribution in [0.15, 0.2) is 24.3 Å². The van der Waals surface area contributed by atoms with Crippen LogP contribution in [0.2, 0.25) is 0 Å². The van der Waals surface area contributed by atoms with E-state index in [1.54, 1.807) is 18.2 Å². The van der Waals surface area contributed by atoms with Crippen LogP contribution < -0.4 is 0 Å². The van der Waals surface area contributed by atoms with E-state index >= 15 is 0 Å². The lowest BCUT2D eigenvalue weighted by Gasteiger charge is -2.34. The number of ether oxygens (including phenoxy) is 1. The van der Waals surface area contributed by atoms with Gasteiger partial charge in [-0.1, -0.05) is 97.1 Å². The highest BCUT2D eigenvalue weighted by atomic mass is 16.6. The van der Waals surface area contributed by atoms with Crippen LogP contribution in [0.5, 0.6) is 0 Å². The van der Waals surface area contributed by atoms with Gasteiger partial charge in [0.25, 0.3) is 0 Å². The van der Waals surface area contributed by atoms with E-state index in [1.165, 1.54) is 44.6 Å². The fourth-order valence-electron chi connectivity index (χ4n) is 4.40. The minimum Gasteiger partial charge on any atom is -0.478 e. The number of carbonyl (C=O) groups excluding carboxylic acids is 1. The van der Waals surface area contributed by atoms with Gasteiger partial charge in [0.15, 0.2) is 0 Å². The fourth-order valence-corrected chi connectivity index (χ4v) is 4.40. The van der Waals surface area contributed by atoms with Gasteiger partial charge in [0.05, 0.1) is 11.1 Å². The van der Waals surface area contributed by atoms with Crippen LogP contribution in [-0.4, -0.2) is 22.6 Å². The zero-order valence-corrected chi connectivity index (χ0v) is 20.8. The Kier molecular flexibility index (Phi) is 14.8. The number of benzene rings is 1. The summed E-state index contributed by atoms with van der Waals surface area (Å²) in [5.74, 6) is -1.58. The molecule has 0 fully saturated rings. The van der Waals surface area contributed by atoms with E-state index in [0.29, 0.717) is 0 Å². The zero-order chi connectivity index (χ0) is 23.7. The van der Waals surface area contributed by atoms with Crippen LogP contribution in [0.4, 0.5) is 0 Å². The van der Waals surface area contributed by atoms with Crippen molar-refractivity contribution < 1.29 is 19.4 Å². The van der Waals surface area contributed by atoms with E-state index in [0.717, 1.165) is 64.2 Å². The van der Waals surface area contributed by atoms with Crippen molar-refractivity contribution in [3.8, 4) is 0 Å². The molecule has 0 bridgehead atoms. The van der Waals surface area contributed by atoms with Crippen LogP contribution in [0.3, 0.4) is 0 Å². The number of carbonyl (C=O) groups is 2. The minimum absolute atomic E-state index is 0.0162. The van der Waals surface area contributed by atoms with E-state index in [2.05, 4.69) is 20.8 Å². The maximum Gasteiger partial charge on any atom is 0.339 e. The lowest BCUT2D eigenvalue weighted by Crippen LogP contribution is -2.36. The topological polar surface area (TPSA) is 63.6 Å². The van der Waals surface area contributed by atoms with Crippen LogP contribution in [0, 0.1) is 0 Å². The van der Waals surface area contributed by atoms with E-state index in [9.17, 15) is 14.7 Å². The summed E-state index contributed by atoms with van der Waals surface area (Å²) >= 11 is 0. The molecular formula is C28H46O4. The number of hydrogen-bond donors (Lipinski definition) is 1. The highest BCUT2D eigenvalue weighted by Gasteiger charge is 2.34. The molecule has 0 aliphatic heterocycles. The van der Waals surface area contributed by atoms with Crippen molar-refractivity contribution in [1.82, 2.24) is 0 Å². The Morgan fingerprint density at radius 2 is 1.12 bits per heavy atom. The molecule has 182 valence electrons. The number of unbranched alkanes of at least 4 members (excludes halogenated alkanes) is 10. The van der Waals surface area contributed by atoms with Gasteiger partial charge < -0.3 is 9.84 Å². The van der Waals surface area contributed by atoms with Crippen molar-refractivity contribution in [2.45, 2.75) is 129 Å². The summed E-state index contributed by atoms with van der Waals surface area (Å²) in [6.45, 7) is 6.58. The van der Waals surface area contributed by atoms with Gasteiger partial charge in [-0.15, -0.1) is 0 Å². The third kappa shape index (κ3) is 10.7. The fraction of sp³-hybridized carbons (Fsp3) is 0.714. The van der Waals surface area contributed by atoms with Crippen molar-refractivity contribution in [2.24, 2.45) is 0 Å². The van der Waals surface area contributed by atoms with Gasteiger partial charge in [-0.05, 0) is 50.7 Å². The molecule has 4 nitrogen and oxygen atoms in total. The van der Waals surface area contributed by atoms with Crippen molar-refractivity contribution in [2.75, 3.05) is 0 Å². The monoisotopic (exact) mass is 446 g/mol. The third-order valence-corrected chi connectivity index (χ3v) is 6.39. The molecule has 1 aromatic carbocycles. The summed E-state index contributed by atoms with van der Waals surface area (Å²) in [5.41, 5.74) is -0.314. The van der Waals surface area contributed by atoms with Crippen molar-refractivity contribution in [3.63, 3.8) is 0 Å². The zero-order valence-electron chi connectivity index (χ0n) is 20.8. The molecule has 0 aromatic heterocycles. The molecule has 0 saturated heterocycles. The second kappa shape index (κ2) is 16.7. The molecule has 1 unspecified atom stereocenters. The first-order chi connectivity index (χ1) is 15.5. The van der Waals surface area contributed by atoms with Crippen molar-refractivity contribution in [1.29, 1.82) is 0 Å². The summed E-state index contributed by atoms with van der Waals surface area (Å²) < 4.78 is 6.22. The molecule has 0 amide bonds. The smallest absolute Gasteiger partial charge is 0.339 e. The largest absolute Gasteiger partial charge is 0.478 e. The number of aromatic carboxylic acids is 1. The Balaban J connectivity index is 2.87. The second-order valence-corrected chi connectivity index (χ2v) is 9.21. The SMILES string of the molecule is CCCCCCCCCCC(CCCC)(CCCCC)OC(=O)c1ccccc1C(=O)O. The number of carboxylic acid groups (broad SMARTS) is 1. The maximum atomic E-state index is 13.1. The Hall–Kier alpha value is -1.84. The van der Waals surface area contributed by atoms with E-state index < -0.39 is 17.5 Å². The van der Waals surface area contributed by atoms with Gasteiger partial charge >= 0.3 is 11.9 Å². The van der Waals surface area contributed by atoms with Gasteiger partial charge in [0, 0.05) is 0 Å². The molecular weight excluding hydrogens is 400 g/mol. The van der Waals surface area contributed by atoms with E-state index in [-0.39, 0.29) is 11.1 Å². The molecule has 1 aromatic rings.